The molecule has 0 bridgehead atoms. The van der Waals surface area contributed by atoms with Crippen molar-refractivity contribution in [2.75, 3.05) is 33.2 Å². The van der Waals surface area contributed by atoms with Crippen LogP contribution in [0.2, 0.25) is 0 Å². The standard InChI is InChI=1S/C19H23N3O3/c1-21-9-11-22(12-10-21)19(24)16(14-15-6-3-2-4-7-15)20-18(23)17-8-5-13-25-17/h2-8,13,16H,9-12,14H2,1H3,(H,20,23). The summed E-state index contributed by atoms with van der Waals surface area (Å²) in [5.74, 6) is -0.200. The number of amides is 2. The predicted molar refractivity (Wildman–Crippen MR) is 94.2 cm³/mol. The highest BCUT2D eigenvalue weighted by atomic mass is 16.3. The third-order valence-corrected chi connectivity index (χ3v) is 4.45. The molecule has 1 N–H and O–H groups in total. The van der Waals surface area contributed by atoms with E-state index in [4.69, 9.17) is 4.42 Å². The van der Waals surface area contributed by atoms with E-state index < -0.39 is 6.04 Å². The van der Waals surface area contributed by atoms with Crippen molar-refractivity contribution in [3.05, 3.63) is 60.1 Å². The molecule has 1 unspecified atom stereocenters. The molecular weight excluding hydrogens is 318 g/mol. The van der Waals surface area contributed by atoms with Gasteiger partial charge in [-0.25, -0.2) is 0 Å². The topological polar surface area (TPSA) is 65.8 Å². The Morgan fingerprint density at radius 2 is 1.80 bits per heavy atom. The zero-order valence-electron chi connectivity index (χ0n) is 14.4. The number of carbonyl (C=O) groups excluding carboxylic acids is 2. The summed E-state index contributed by atoms with van der Waals surface area (Å²) in [4.78, 5) is 29.4. The molecule has 1 aliphatic rings. The van der Waals surface area contributed by atoms with Crippen LogP contribution in [-0.4, -0.2) is 60.9 Å². The molecule has 0 radical (unpaired) electrons. The van der Waals surface area contributed by atoms with Gasteiger partial charge in [-0.2, -0.15) is 0 Å². The van der Waals surface area contributed by atoms with E-state index in [1.807, 2.05) is 42.3 Å². The summed E-state index contributed by atoms with van der Waals surface area (Å²) in [6.45, 7) is 3.04. The highest BCUT2D eigenvalue weighted by Crippen LogP contribution is 2.10. The molecule has 25 heavy (non-hydrogen) atoms. The Morgan fingerprint density at radius 3 is 2.44 bits per heavy atom. The van der Waals surface area contributed by atoms with Crippen molar-refractivity contribution in [1.82, 2.24) is 15.1 Å². The Bertz CT molecular complexity index is 692. The monoisotopic (exact) mass is 341 g/mol. The number of hydrogen-bond donors (Lipinski definition) is 1. The first-order valence-electron chi connectivity index (χ1n) is 8.49. The average molecular weight is 341 g/mol. The summed E-state index contributed by atoms with van der Waals surface area (Å²) in [7, 11) is 2.04. The van der Waals surface area contributed by atoms with Crippen molar-refractivity contribution in [2.45, 2.75) is 12.5 Å². The third-order valence-electron chi connectivity index (χ3n) is 4.45. The van der Waals surface area contributed by atoms with Gasteiger partial charge in [-0.3, -0.25) is 9.59 Å². The molecule has 1 aromatic carbocycles. The van der Waals surface area contributed by atoms with Crippen molar-refractivity contribution < 1.29 is 14.0 Å². The first-order chi connectivity index (χ1) is 12.1. The molecule has 1 saturated heterocycles. The number of likely N-dealkylation sites (N-methyl/N-ethyl adjacent to an activating group) is 1. The van der Waals surface area contributed by atoms with E-state index in [0.29, 0.717) is 19.5 Å². The highest BCUT2D eigenvalue weighted by Gasteiger charge is 2.29. The van der Waals surface area contributed by atoms with E-state index in [1.165, 1.54) is 6.26 Å². The van der Waals surface area contributed by atoms with Gasteiger partial charge < -0.3 is 19.5 Å². The van der Waals surface area contributed by atoms with Crippen LogP contribution in [0.5, 0.6) is 0 Å². The number of nitrogens with zero attached hydrogens (tertiary/aromatic N) is 2. The van der Waals surface area contributed by atoms with E-state index in [9.17, 15) is 9.59 Å². The van der Waals surface area contributed by atoms with Crippen LogP contribution in [0.3, 0.4) is 0 Å². The maximum absolute atomic E-state index is 13.0. The van der Waals surface area contributed by atoms with Gasteiger partial charge in [-0.1, -0.05) is 30.3 Å². The van der Waals surface area contributed by atoms with Gasteiger partial charge in [0.1, 0.15) is 6.04 Å². The van der Waals surface area contributed by atoms with Crippen molar-refractivity contribution in [2.24, 2.45) is 0 Å². The molecule has 2 amide bonds. The lowest BCUT2D eigenvalue weighted by Gasteiger charge is -2.34. The molecular formula is C19H23N3O3. The fourth-order valence-corrected chi connectivity index (χ4v) is 2.93. The van der Waals surface area contributed by atoms with Gasteiger partial charge >= 0.3 is 0 Å². The summed E-state index contributed by atoms with van der Waals surface area (Å²) in [6, 6.07) is 12.4. The molecule has 0 spiro atoms. The SMILES string of the molecule is CN1CCN(C(=O)C(Cc2ccccc2)NC(=O)c2ccco2)CC1. The van der Waals surface area contributed by atoms with Crippen molar-refractivity contribution in [1.29, 1.82) is 0 Å². The average Bonchev–Trinajstić information content (AvgIpc) is 3.17. The molecule has 0 saturated carbocycles. The first kappa shape index (κ1) is 17.2. The molecule has 132 valence electrons. The molecule has 1 aliphatic heterocycles. The lowest BCUT2D eigenvalue weighted by molar-refractivity contribution is -0.134. The first-order valence-corrected chi connectivity index (χ1v) is 8.49. The van der Waals surface area contributed by atoms with Crippen LogP contribution >= 0.6 is 0 Å². The minimum Gasteiger partial charge on any atom is -0.459 e. The minimum atomic E-state index is -0.608. The van der Waals surface area contributed by atoms with Crippen molar-refractivity contribution in [3.63, 3.8) is 0 Å². The number of hydrogen-bond acceptors (Lipinski definition) is 4. The summed E-state index contributed by atoms with van der Waals surface area (Å²) in [6.07, 6.45) is 1.90. The van der Waals surface area contributed by atoms with Crippen molar-refractivity contribution in [3.8, 4) is 0 Å². The summed E-state index contributed by atoms with van der Waals surface area (Å²) >= 11 is 0. The second kappa shape index (κ2) is 7.98. The van der Waals surface area contributed by atoms with Gasteiger partial charge in [0.2, 0.25) is 5.91 Å². The molecule has 1 atom stereocenters. The van der Waals surface area contributed by atoms with E-state index in [0.717, 1.165) is 18.7 Å². The van der Waals surface area contributed by atoms with Crippen LogP contribution in [0.4, 0.5) is 0 Å². The molecule has 2 aromatic rings. The van der Waals surface area contributed by atoms with Gasteiger partial charge in [0, 0.05) is 32.6 Å². The maximum Gasteiger partial charge on any atom is 0.287 e. The van der Waals surface area contributed by atoms with Crippen LogP contribution in [0.1, 0.15) is 16.1 Å². The van der Waals surface area contributed by atoms with Crippen LogP contribution in [-0.2, 0) is 11.2 Å². The van der Waals surface area contributed by atoms with Gasteiger partial charge in [0.15, 0.2) is 5.76 Å². The molecule has 6 nitrogen and oxygen atoms in total. The quantitative estimate of drug-likeness (QED) is 0.893. The fourth-order valence-electron chi connectivity index (χ4n) is 2.93. The second-order valence-electron chi connectivity index (χ2n) is 6.32. The van der Waals surface area contributed by atoms with Crippen LogP contribution in [0.15, 0.2) is 53.1 Å². The third kappa shape index (κ3) is 4.48. The lowest BCUT2D eigenvalue weighted by atomic mass is 10.0. The Kier molecular flexibility index (Phi) is 5.50. The number of furan rings is 1. The van der Waals surface area contributed by atoms with Crippen LogP contribution < -0.4 is 5.32 Å². The number of nitrogens with one attached hydrogen (secondary N) is 1. The van der Waals surface area contributed by atoms with Gasteiger partial charge in [-0.15, -0.1) is 0 Å². The zero-order chi connectivity index (χ0) is 17.6. The molecule has 2 heterocycles. The number of carbonyl (C=O) groups is 2. The van der Waals surface area contributed by atoms with E-state index >= 15 is 0 Å². The molecule has 6 heteroatoms. The predicted octanol–water partition coefficient (Wildman–Crippen LogP) is 1.39. The Balaban J connectivity index is 1.73. The number of rotatable bonds is 5. The summed E-state index contributed by atoms with van der Waals surface area (Å²) in [5, 5.41) is 2.84. The molecule has 3 rings (SSSR count). The Labute approximate surface area is 147 Å². The molecule has 1 fully saturated rings. The normalized spacial score (nSPS) is 16.4. The van der Waals surface area contributed by atoms with E-state index in [-0.39, 0.29) is 17.6 Å². The minimum absolute atomic E-state index is 0.0446. The van der Waals surface area contributed by atoms with E-state index in [1.54, 1.807) is 12.1 Å². The fraction of sp³-hybridized carbons (Fsp3) is 0.368. The van der Waals surface area contributed by atoms with Gasteiger partial charge in [-0.05, 0) is 24.7 Å². The van der Waals surface area contributed by atoms with Gasteiger partial charge in [0.25, 0.3) is 5.91 Å². The summed E-state index contributed by atoms with van der Waals surface area (Å²) in [5.41, 5.74) is 1.01. The summed E-state index contributed by atoms with van der Waals surface area (Å²) < 4.78 is 5.14. The molecule has 1 aromatic heterocycles. The number of benzene rings is 1. The molecule has 0 aliphatic carbocycles. The zero-order valence-corrected chi connectivity index (χ0v) is 14.4. The Morgan fingerprint density at radius 1 is 1.08 bits per heavy atom. The van der Waals surface area contributed by atoms with Crippen molar-refractivity contribution >= 4 is 11.8 Å². The largest absolute Gasteiger partial charge is 0.459 e. The highest BCUT2D eigenvalue weighted by molar-refractivity contribution is 5.95. The maximum atomic E-state index is 13.0. The van der Waals surface area contributed by atoms with Crippen LogP contribution in [0.25, 0.3) is 0 Å². The van der Waals surface area contributed by atoms with Crippen LogP contribution in [0, 0.1) is 0 Å². The smallest absolute Gasteiger partial charge is 0.287 e. The lowest BCUT2D eigenvalue weighted by Crippen LogP contribution is -2.55. The second-order valence-corrected chi connectivity index (χ2v) is 6.32. The number of piperazine rings is 1. The van der Waals surface area contributed by atoms with E-state index in [2.05, 4.69) is 10.2 Å². The Hall–Kier alpha value is -2.60. The van der Waals surface area contributed by atoms with Gasteiger partial charge in [0.05, 0.1) is 6.26 Å².